The van der Waals surface area contributed by atoms with Crippen molar-refractivity contribution in [1.29, 1.82) is 0 Å². The number of carbonyl (C=O) groups excluding carboxylic acids is 1. The van der Waals surface area contributed by atoms with Crippen molar-refractivity contribution in [3.8, 4) is 0 Å². The van der Waals surface area contributed by atoms with Gasteiger partial charge < -0.3 is 9.72 Å². The third-order valence-corrected chi connectivity index (χ3v) is 7.07. The van der Waals surface area contributed by atoms with Crippen LogP contribution in [0, 0.1) is 13.8 Å². The molecule has 0 aliphatic rings. The minimum absolute atomic E-state index is 0.0608. The van der Waals surface area contributed by atoms with E-state index >= 15 is 0 Å². The van der Waals surface area contributed by atoms with Gasteiger partial charge in [-0.2, -0.15) is 0 Å². The first-order chi connectivity index (χ1) is 16.9. The molecule has 0 saturated carbocycles. The summed E-state index contributed by atoms with van der Waals surface area (Å²) in [4.78, 5) is 31.7. The first kappa shape index (κ1) is 24.7. The molecule has 3 aromatic heterocycles. The number of tetrazole rings is 1. The average Bonchev–Trinajstić information content (AvgIpc) is 3.51. The van der Waals surface area contributed by atoms with Gasteiger partial charge in [-0.3, -0.25) is 14.5 Å². The van der Waals surface area contributed by atoms with E-state index in [0.717, 1.165) is 26.9 Å². The number of fused-ring (bicyclic) bond motifs is 1. The first-order valence-corrected chi connectivity index (χ1v) is 12.6. The second-order valence-electron chi connectivity index (χ2n) is 8.50. The Balaban J connectivity index is 1.71. The van der Waals surface area contributed by atoms with E-state index in [0.29, 0.717) is 37.5 Å². The highest BCUT2D eigenvalue weighted by molar-refractivity contribution is 7.09. The highest BCUT2D eigenvalue weighted by Gasteiger charge is 2.27. The van der Waals surface area contributed by atoms with Crippen molar-refractivity contribution in [2.24, 2.45) is 0 Å². The number of hydrogen-bond donors (Lipinski definition) is 1. The molecular weight excluding hydrogens is 464 g/mol. The third kappa shape index (κ3) is 5.49. The lowest BCUT2D eigenvalue weighted by atomic mass is 10.0. The molecule has 184 valence electrons. The number of esters is 1. The number of carbonyl (C=O) groups is 1. The van der Waals surface area contributed by atoms with Gasteiger partial charge in [-0.05, 0) is 71.6 Å². The number of nitrogens with zero attached hydrogens (tertiary/aromatic N) is 5. The monoisotopic (exact) mass is 494 g/mol. The van der Waals surface area contributed by atoms with Gasteiger partial charge in [0.05, 0.1) is 18.2 Å². The van der Waals surface area contributed by atoms with Crippen LogP contribution in [0.4, 0.5) is 0 Å². The van der Waals surface area contributed by atoms with Crippen molar-refractivity contribution in [3.05, 3.63) is 73.5 Å². The molecule has 0 aliphatic heterocycles. The quantitative estimate of drug-likeness (QED) is 0.333. The molecule has 0 bridgehead atoms. The number of aromatic nitrogens is 5. The van der Waals surface area contributed by atoms with Crippen LogP contribution in [0.25, 0.3) is 10.9 Å². The SMILES string of the molecule is CCOC(=O)Cn1nnnc1[C@@H](CC)N(Cc1cccs1)Cc1cc2ccc(C)c(C)c2[nH]c1=O. The summed E-state index contributed by atoms with van der Waals surface area (Å²) >= 11 is 1.66. The number of benzene rings is 1. The van der Waals surface area contributed by atoms with E-state index in [4.69, 9.17) is 4.74 Å². The molecule has 0 aliphatic carbocycles. The van der Waals surface area contributed by atoms with Crippen LogP contribution in [0.2, 0.25) is 0 Å². The van der Waals surface area contributed by atoms with Crippen molar-refractivity contribution in [1.82, 2.24) is 30.1 Å². The maximum Gasteiger partial charge on any atom is 0.327 e. The predicted molar refractivity (Wildman–Crippen MR) is 135 cm³/mol. The fourth-order valence-electron chi connectivity index (χ4n) is 4.28. The molecule has 3 heterocycles. The lowest BCUT2D eigenvalue weighted by molar-refractivity contribution is -0.144. The summed E-state index contributed by atoms with van der Waals surface area (Å²) in [6.45, 7) is 9.12. The number of aryl methyl sites for hydroxylation is 2. The largest absolute Gasteiger partial charge is 0.465 e. The topological polar surface area (TPSA) is 106 Å². The van der Waals surface area contributed by atoms with Crippen LogP contribution in [0.1, 0.15) is 53.7 Å². The number of H-pyrrole nitrogens is 1. The molecule has 10 heteroatoms. The molecule has 1 aromatic carbocycles. The minimum atomic E-state index is -0.391. The standard InChI is InChI=1S/C25H30N6O3S/c1-5-21(24-27-28-29-31(24)15-22(32)34-6-2)30(14-20-8-7-11-35-20)13-19-12-18-10-9-16(3)17(4)23(18)26-25(19)33/h7-12,21H,5-6,13-15H2,1-4H3,(H,26,33)/t21-/m1/s1. The fraction of sp³-hybridized carbons (Fsp3) is 0.400. The number of nitrogens with one attached hydrogen (secondary N) is 1. The average molecular weight is 495 g/mol. The second kappa shape index (κ2) is 10.9. The number of hydrogen-bond acceptors (Lipinski definition) is 8. The zero-order valence-corrected chi connectivity index (χ0v) is 21.3. The van der Waals surface area contributed by atoms with Gasteiger partial charge in [0, 0.05) is 23.5 Å². The van der Waals surface area contributed by atoms with Crippen LogP contribution in [-0.4, -0.2) is 42.7 Å². The molecule has 0 amide bonds. The second-order valence-corrected chi connectivity index (χ2v) is 9.54. The van der Waals surface area contributed by atoms with Crippen LogP contribution in [0.5, 0.6) is 0 Å². The zero-order valence-electron chi connectivity index (χ0n) is 20.4. The molecule has 0 saturated heterocycles. The van der Waals surface area contributed by atoms with Crippen molar-refractivity contribution in [3.63, 3.8) is 0 Å². The van der Waals surface area contributed by atoms with Crippen molar-refractivity contribution in [2.45, 2.75) is 59.8 Å². The van der Waals surface area contributed by atoms with Gasteiger partial charge in [-0.25, -0.2) is 4.68 Å². The van der Waals surface area contributed by atoms with Gasteiger partial charge in [0.1, 0.15) is 6.54 Å². The Morgan fingerprint density at radius 3 is 2.77 bits per heavy atom. The van der Waals surface area contributed by atoms with Gasteiger partial charge in [0.25, 0.3) is 5.56 Å². The van der Waals surface area contributed by atoms with Crippen LogP contribution >= 0.6 is 11.3 Å². The van der Waals surface area contributed by atoms with Crippen molar-refractivity contribution in [2.75, 3.05) is 6.61 Å². The zero-order chi connectivity index (χ0) is 24.9. The molecule has 35 heavy (non-hydrogen) atoms. The van der Waals surface area contributed by atoms with E-state index in [1.54, 1.807) is 18.3 Å². The van der Waals surface area contributed by atoms with Crippen molar-refractivity contribution < 1.29 is 9.53 Å². The number of rotatable bonds is 10. The highest BCUT2D eigenvalue weighted by Crippen LogP contribution is 2.28. The summed E-state index contributed by atoms with van der Waals surface area (Å²) in [5.41, 5.74) is 3.64. The Bertz CT molecular complexity index is 1360. The fourth-order valence-corrected chi connectivity index (χ4v) is 5.01. The number of thiophene rings is 1. The summed E-state index contributed by atoms with van der Waals surface area (Å²) in [5, 5.41) is 15.2. The molecule has 9 nitrogen and oxygen atoms in total. The van der Waals surface area contributed by atoms with Crippen LogP contribution < -0.4 is 5.56 Å². The summed E-state index contributed by atoms with van der Waals surface area (Å²) in [7, 11) is 0. The lowest BCUT2D eigenvalue weighted by Crippen LogP contribution is -2.32. The maximum absolute atomic E-state index is 13.1. The highest BCUT2D eigenvalue weighted by atomic mass is 32.1. The predicted octanol–water partition coefficient (Wildman–Crippen LogP) is 3.91. The number of pyridine rings is 1. The van der Waals surface area contributed by atoms with E-state index in [1.807, 2.05) is 44.4 Å². The normalized spacial score (nSPS) is 12.4. The number of aromatic amines is 1. The summed E-state index contributed by atoms with van der Waals surface area (Å²) < 4.78 is 6.58. The lowest BCUT2D eigenvalue weighted by Gasteiger charge is -2.29. The smallest absolute Gasteiger partial charge is 0.327 e. The van der Waals surface area contributed by atoms with E-state index in [2.05, 4.69) is 37.5 Å². The van der Waals surface area contributed by atoms with Crippen LogP contribution in [-0.2, 0) is 29.2 Å². The number of ether oxygens (including phenoxy) is 1. The van der Waals surface area contributed by atoms with Gasteiger partial charge in [-0.1, -0.05) is 25.1 Å². The van der Waals surface area contributed by atoms with Crippen LogP contribution in [0.15, 0.2) is 40.5 Å². The molecule has 0 spiro atoms. The molecule has 0 unspecified atom stereocenters. The van der Waals surface area contributed by atoms with E-state index < -0.39 is 5.97 Å². The molecule has 4 aromatic rings. The van der Waals surface area contributed by atoms with Gasteiger partial charge in [-0.15, -0.1) is 16.4 Å². The molecular formula is C25H30N6O3S. The Labute approximate surface area is 207 Å². The Morgan fingerprint density at radius 1 is 1.23 bits per heavy atom. The summed E-state index contributed by atoms with van der Waals surface area (Å²) in [6.07, 6.45) is 0.693. The Morgan fingerprint density at radius 2 is 2.06 bits per heavy atom. The molecule has 0 radical (unpaired) electrons. The Hall–Kier alpha value is -3.37. The molecule has 4 rings (SSSR count). The van der Waals surface area contributed by atoms with Gasteiger partial charge in [0.2, 0.25) is 0 Å². The molecule has 0 fully saturated rings. The minimum Gasteiger partial charge on any atom is -0.465 e. The van der Waals surface area contributed by atoms with E-state index in [9.17, 15) is 9.59 Å². The van der Waals surface area contributed by atoms with E-state index in [-0.39, 0.29) is 18.1 Å². The van der Waals surface area contributed by atoms with Gasteiger partial charge in [0.15, 0.2) is 5.82 Å². The van der Waals surface area contributed by atoms with Crippen molar-refractivity contribution >= 4 is 28.2 Å². The Kier molecular flexibility index (Phi) is 7.72. The molecule has 1 N–H and O–H groups in total. The first-order valence-electron chi connectivity index (χ1n) is 11.7. The summed E-state index contributed by atoms with van der Waals surface area (Å²) in [6, 6.07) is 9.95. The van der Waals surface area contributed by atoms with Crippen LogP contribution in [0.3, 0.4) is 0 Å². The third-order valence-electron chi connectivity index (χ3n) is 6.21. The van der Waals surface area contributed by atoms with Gasteiger partial charge >= 0.3 is 5.97 Å². The van der Waals surface area contributed by atoms with E-state index in [1.165, 1.54) is 4.68 Å². The summed E-state index contributed by atoms with van der Waals surface area (Å²) in [5.74, 6) is 0.179. The maximum atomic E-state index is 13.1. The molecule has 1 atom stereocenters.